The van der Waals surface area contributed by atoms with Crippen LogP contribution in [0.25, 0.3) is 0 Å². The van der Waals surface area contributed by atoms with Crippen molar-refractivity contribution in [2.24, 2.45) is 5.92 Å². The van der Waals surface area contributed by atoms with Gasteiger partial charge in [0, 0.05) is 56.9 Å². The Kier molecular flexibility index (Phi) is 16.9. The predicted octanol–water partition coefficient (Wildman–Crippen LogP) is 6.32. The molecule has 3 aliphatic heterocycles. The van der Waals surface area contributed by atoms with Gasteiger partial charge in [-0.05, 0) is 71.6 Å². The van der Waals surface area contributed by atoms with Crippen LogP contribution in [0.2, 0.25) is 5.02 Å². The minimum Gasteiger partial charge on any atom is -0.495 e. The summed E-state index contributed by atoms with van der Waals surface area (Å²) in [4.78, 5) is 68.1. The Balaban J connectivity index is 1.62. The van der Waals surface area contributed by atoms with Gasteiger partial charge in [0.05, 0.1) is 25.3 Å². The number of carbonyl (C=O) groups excluding carboxylic acids is 4. The molecule has 0 aliphatic carbocycles. The minimum absolute atomic E-state index is 0.0691. The van der Waals surface area contributed by atoms with E-state index in [9.17, 15) is 29.1 Å². The summed E-state index contributed by atoms with van der Waals surface area (Å²) < 4.78 is 29.1. The van der Waals surface area contributed by atoms with Gasteiger partial charge in [-0.1, -0.05) is 63.9 Å². The molecule has 4 rings (SSSR count). The number of epoxide rings is 1. The largest absolute Gasteiger partial charge is 0.495 e. The lowest BCUT2D eigenvalue weighted by atomic mass is 9.83. The molecular formula is C42H60ClN3O12S2. The van der Waals surface area contributed by atoms with Crippen molar-refractivity contribution >= 4 is 68.7 Å². The molecule has 3 heterocycles. The third kappa shape index (κ3) is 12.3. The van der Waals surface area contributed by atoms with Crippen molar-refractivity contribution in [3.8, 4) is 5.75 Å². The molecule has 7 unspecified atom stereocenters. The van der Waals surface area contributed by atoms with E-state index in [0.29, 0.717) is 36.5 Å². The molecule has 2 saturated heterocycles. The van der Waals surface area contributed by atoms with Gasteiger partial charge in [-0.2, -0.15) is 0 Å². The summed E-state index contributed by atoms with van der Waals surface area (Å²) in [6, 6.07) is 2.54. The first-order chi connectivity index (χ1) is 28.0. The van der Waals surface area contributed by atoms with Crippen LogP contribution in [-0.2, 0) is 44.5 Å². The maximum atomic E-state index is 14.3. The van der Waals surface area contributed by atoms with Gasteiger partial charge in [0.1, 0.15) is 40.7 Å². The number of nitrogens with zero attached hydrogens (tertiary/aromatic N) is 2. The van der Waals surface area contributed by atoms with Crippen molar-refractivity contribution in [1.82, 2.24) is 10.2 Å². The Morgan fingerprint density at radius 2 is 1.90 bits per heavy atom. The summed E-state index contributed by atoms with van der Waals surface area (Å²) in [6.07, 6.45) is 2.04. The number of nitrogens with one attached hydrogen (secondary N) is 1. The third-order valence-electron chi connectivity index (χ3n) is 11.4. The minimum atomic E-state index is -1.85. The Bertz CT molecular complexity index is 1830. The van der Waals surface area contributed by atoms with Crippen LogP contribution in [0, 0.1) is 5.92 Å². The van der Waals surface area contributed by atoms with Crippen molar-refractivity contribution in [3.05, 3.63) is 46.5 Å². The van der Waals surface area contributed by atoms with Crippen LogP contribution in [0.1, 0.15) is 85.6 Å². The first kappa shape index (κ1) is 49.2. The van der Waals surface area contributed by atoms with Gasteiger partial charge in [-0.15, -0.1) is 0 Å². The number of ether oxygens (including phenoxy) is 5. The van der Waals surface area contributed by atoms with Crippen molar-refractivity contribution in [2.75, 3.05) is 39.0 Å². The number of hydrogen-bond acceptors (Lipinski definition) is 13. The molecule has 0 spiro atoms. The normalized spacial score (nSPS) is 29.2. The van der Waals surface area contributed by atoms with Crippen LogP contribution in [0.4, 0.5) is 10.5 Å². The number of methoxy groups -OCH3 is 2. The topological polar surface area (TPSA) is 194 Å². The Morgan fingerprint density at radius 3 is 2.55 bits per heavy atom. The second-order valence-corrected chi connectivity index (χ2v) is 20.1. The SMILES string of the molecule is COc1cc2cc(c1Cl)N(C)C(=O)CC(OC(=O)[C@H](C)N(C)C(=O)CCC(C)(C)SSCCCC(=O)O)C1(C)OC1C(C)C1CC(O)(NC(=O)O1)C(OC)/C=C/C=C(\C)C2. The monoisotopic (exact) mass is 897 g/mol. The molecule has 60 heavy (non-hydrogen) atoms. The van der Waals surface area contributed by atoms with Crippen molar-refractivity contribution in [3.63, 3.8) is 0 Å². The van der Waals surface area contributed by atoms with Crippen molar-refractivity contribution in [2.45, 2.75) is 133 Å². The number of allylic oxidation sites excluding steroid dienone is 3. The Morgan fingerprint density at radius 1 is 1.20 bits per heavy atom. The van der Waals surface area contributed by atoms with Gasteiger partial charge in [-0.25, -0.2) is 9.59 Å². The molecule has 8 atom stereocenters. The highest BCUT2D eigenvalue weighted by atomic mass is 35.5. The molecule has 1 aromatic rings. The fourth-order valence-corrected chi connectivity index (χ4v) is 10.3. The number of carboxylic acids is 1. The number of carboxylic acid groups (broad SMARTS) is 1. The summed E-state index contributed by atoms with van der Waals surface area (Å²) in [5, 5.41) is 23.4. The number of aliphatic carboxylic acids is 1. The van der Waals surface area contributed by atoms with Gasteiger partial charge in [-0.3, -0.25) is 19.7 Å². The zero-order valence-corrected chi connectivity index (χ0v) is 38.5. The van der Waals surface area contributed by atoms with E-state index in [-0.39, 0.29) is 41.4 Å². The van der Waals surface area contributed by atoms with E-state index in [1.165, 1.54) is 31.1 Å². The van der Waals surface area contributed by atoms with E-state index in [0.717, 1.165) is 11.1 Å². The van der Waals surface area contributed by atoms with Crippen LogP contribution in [-0.4, -0.2) is 126 Å². The first-order valence-corrected chi connectivity index (χ1v) is 22.6. The first-order valence-electron chi connectivity index (χ1n) is 19.9. The molecule has 15 nitrogen and oxygen atoms in total. The van der Waals surface area contributed by atoms with E-state index in [1.54, 1.807) is 73.7 Å². The molecule has 0 aromatic heterocycles. The Labute approximate surface area is 365 Å². The maximum Gasteiger partial charge on any atom is 0.409 e. The summed E-state index contributed by atoms with van der Waals surface area (Å²) in [5.41, 5.74) is -1.01. The van der Waals surface area contributed by atoms with E-state index >= 15 is 0 Å². The second kappa shape index (κ2) is 20.6. The van der Waals surface area contributed by atoms with Gasteiger partial charge >= 0.3 is 18.0 Å². The second-order valence-electron chi connectivity index (χ2n) is 16.6. The number of halogens is 1. The molecule has 0 saturated carbocycles. The maximum absolute atomic E-state index is 14.3. The van der Waals surface area contributed by atoms with Gasteiger partial charge in [0.25, 0.3) is 0 Å². The molecule has 334 valence electrons. The third-order valence-corrected chi connectivity index (χ3v) is 15.2. The number of rotatable bonds is 14. The summed E-state index contributed by atoms with van der Waals surface area (Å²) in [7, 11) is 9.15. The van der Waals surface area contributed by atoms with Crippen LogP contribution in [0.3, 0.4) is 0 Å². The number of esters is 1. The van der Waals surface area contributed by atoms with E-state index < -0.39 is 71.6 Å². The fourth-order valence-electron chi connectivity index (χ4n) is 7.33. The number of amides is 3. The molecule has 3 amide bonds. The zero-order valence-electron chi connectivity index (χ0n) is 36.1. The van der Waals surface area contributed by atoms with Crippen LogP contribution in [0.5, 0.6) is 5.75 Å². The number of anilines is 1. The van der Waals surface area contributed by atoms with Crippen LogP contribution >= 0.6 is 33.2 Å². The quantitative estimate of drug-likeness (QED) is 0.0813. The summed E-state index contributed by atoms with van der Waals surface area (Å²) in [6.45, 7) is 11.0. The molecule has 2 fully saturated rings. The highest BCUT2D eigenvalue weighted by Gasteiger charge is 2.64. The Hall–Kier alpha value is -3.48. The lowest BCUT2D eigenvalue weighted by Gasteiger charge is -2.42. The van der Waals surface area contributed by atoms with Crippen LogP contribution in [0.15, 0.2) is 35.9 Å². The van der Waals surface area contributed by atoms with Crippen LogP contribution < -0.4 is 15.0 Å². The number of carbonyl (C=O) groups is 5. The van der Waals surface area contributed by atoms with Gasteiger partial charge < -0.3 is 43.7 Å². The lowest BCUT2D eigenvalue weighted by molar-refractivity contribution is -0.162. The molecule has 1 aromatic carbocycles. The lowest BCUT2D eigenvalue weighted by Crippen LogP contribution is -2.63. The van der Waals surface area contributed by atoms with Crippen molar-refractivity contribution in [1.29, 1.82) is 0 Å². The average Bonchev–Trinajstić information content (AvgIpc) is 3.88. The number of aliphatic hydroxyl groups is 1. The van der Waals surface area contributed by atoms with Gasteiger partial charge in [0.15, 0.2) is 5.72 Å². The highest BCUT2D eigenvalue weighted by molar-refractivity contribution is 8.77. The molecule has 4 bridgehead atoms. The van der Waals surface area contributed by atoms with E-state index in [1.807, 2.05) is 26.8 Å². The van der Waals surface area contributed by atoms with E-state index in [4.69, 9.17) is 40.4 Å². The summed E-state index contributed by atoms with van der Waals surface area (Å²) >= 11 is 6.79. The van der Waals surface area contributed by atoms with Crippen molar-refractivity contribution < 1.29 is 57.9 Å². The average molecular weight is 899 g/mol. The number of fused-ring (bicyclic) bond motifs is 5. The standard InChI is InChI=1S/C42H60ClN3O12S2/c1-24-13-11-14-31(55-10)42(53)23-30(56-39(52)44-42)25(2)37-41(6,58-37)32(22-34(48)46(8)28-20-27(19-24)21-29(54-9)36(28)43)57-38(51)26(3)45(7)33(47)16-17-40(4,5)60-59-18-12-15-35(49)50/h11,13-14,20-21,25-26,30-32,37,53H,12,15-19,22-23H2,1-10H3,(H,44,52)(H,49,50)/b14-11+,24-13+/t25?,26-,30?,31?,32?,37?,41?,42?/m0/s1. The molecule has 3 N–H and O–H groups in total. The zero-order chi connectivity index (χ0) is 44.7. The molecule has 0 radical (unpaired) electrons. The molecule has 18 heteroatoms. The molecule has 3 aliphatic rings. The number of alkyl carbamates (subject to hydrolysis) is 1. The smallest absolute Gasteiger partial charge is 0.409 e. The van der Waals surface area contributed by atoms with E-state index in [2.05, 4.69) is 5.32 Å². The predicted molar refractivity (Wildman–Crippen MR) is 231 cm³/mol. The number of likely N-dealkylation sites (N-methyl/N-ethyl adjacent to an activating group) is 1. The highest BCUT2D eigenvalue weighted by Crippen LogP contribution is 2.49. The van der Waals surface area contributed by atoms with Gasteiger partial charge in [0.2, 0.25) is 11.8 Å². The molecular weight excluding hydrogens is 838 g/mol. The summed E-state index contributed by atoms with van der Waals surface area (Å²) in [5.74, 6) is -1.85. The number of benzene rings is 1. The fraction of sp³-hybridized carbons (Fsp3) is 0.643. The number of hydrogen-bond donors (Lipinski definition) is 3.